The smallest absolute Gasteiger partial charge is 0.124 e. The van der Waals surface area contributed by atoms with Crippen LogP contribution in [0.25, 0.3) is 0 Å². The third kappa shape index (κ3) is 1.48. The fourth-order valence-electron chi connectivity index (χ4n) is 0.0645. The molecule has 1 atom stereocenters. The summed E-state index contributed by atoms with van der Waals surface area (Å²) in [6.45, 7) is 0.137. The Morgan fingerprint density at radius 2 is 2.25 bits per heavy atom. The van der Waals surface area contributed by atoms with Crippen LogP contribution in [-0.2, 0) is 4.79 Å². The Morgan fingerprint density at radius 3 is 2.25 bits per heavy atom. The lowest BCUT2D eigenvalue weighted by molar-refractivity contribution is -0.325. The summed E-state index contributed by atoms with van der Waals surface area (Å²) in [5.41, 5.74) is -2.10. The summed E-state index contributed by atoms with van der Waals surface area (Å²) in [6, 6.07) is 0. The Hall–Kier alpha value is -0.610. The van der Waals surface area contributed by atoms with E-state index in [4.69, 9.17) is 10.2 Å². The number of hydrogen-bond donors (Lipinski definition) is 2. The minimum atomic E-state index is -2.10. The summed E-state index contributed by atoms with van der Waals surface area (Å²) >= 11 is 0. The van der Waals surface area contributed by atoms with Crippen molar-refractivity contribution >= 4 is 5.97 Å². The third-order valence-electron chi connectivity index (χ3n) is 0.748. The lowest BCUT2D eigenvalue weighted by atomic mass is 10.1. The summed E-state index contributed by atoms with van der Waals surface area (Å²) in [5.74, 6) is -1.67. The lowest BCUT2D eigenvalue weighted by Gasteiger charge is -2.20. The van der Waals surface area contributed by atoms with E-state index >= 15 is 0 Å². The molecule has 2 N–H and O–H groups in total. The average Bonchev–Trinajstić information content (AvgIpc) is 1.67. The number of rotatable bonds is 2. The first-order valence-electron chi connectivity index (χ1n) is 2.05. The van der Waals surface area contributed by atoms with Crippen molar-refractivity contribution in [3.05, 3.63) is 0 Å². The zero-order valence-corrected chi connectivity index (χ0v) is 4.42. The molecular formula is C4H7O4-. The molecule has 0 saturated heterocycles. The SMILES string of the molecule is CC(O)(CO)C(=O)[O-]. The molecule has 0 aliphatic heterocycles. The van der Waals surface area contributed by atoms with Crippen LogP contribution >= 0.6 is 0 Å². The molecule has 0 radical (unpaired) electrons. The Balaban J connectivity index is 3.91. The van der Waals surface area contributed by atoms with Gasteiger partial charge in [0.1, 0.15) is 5.60 Å². The second-order valence-corrected chi connectivity index (χ2v) is 1.72. The van der Waals surface area contributed by atoms with Gasteiger partial charge < -0.3 is 20.1 Å². The van der Waals surface area contributed by atoms with Gasteiger partial charge in [-0.05, 0) is 6.92 Å². The van der Waals surface area contributed by atoms with Gasteiger partial charge in [0, 0.05) is 0 Å². The average molecular weight is 119 g/mol. The van der Waals surface area contributed by atoms with Gasteiger partial charge in [-0.3, -0.25) is 0 Å². The minimum Gasteiger partial charge on any atom is -0.547 e. The molecular weight excluding hydrogens is 112 g/mol. The first kappa shape index (κ1) is 7.39. The van der Waals surface area contributed by atoms with E-state index in [1.165, 1.54) is 0 Å². The van der Waals surface area contributed by atoms with Crippen molar-refractivity contribution in [2.75, 3.05) is 6.61 Å². The number of hydrogen-bond acceptors (Lipinski definition) is 4. The normalized spacial score (nSPS) is 17.4. The topological polar surface area (TPSA) is 80.6 Å². The highest BCUT2D eigenvalue weighted by Gasteiger charge is 2.19. The van der Waals surface area contributed by atoms with E-state index in [-0.39, 0.29) is 0 Å². The molecule has 0 amide bonds. The highest BCUT2D eigenvalue weighted by atomic mass is 16.4. The fraction of sp³-hybridized carbons (Fsp3) is 0.750. The van der Waals surface area contributed by atoms with Gasteiger partial charge in [-0.15, -0.1) is 0 Å². The molecule has 0 aromatic carbocycles. The molecule has 0 heterocycles. The zero-order valence-electron chi connectivity index (χ0n) is 4.42. The van der Waals surface area contributed by atoms with Gasteiger partial charge in [0.05, 0.1) is 12.6 Å². The first-order chi connectivity index (χ1) is 3.50. The maximum Gasteiger partial charge on any atom is 0.124 e. The number of aliphatic carboxylic acids is 1. The molecule has 0 spiro atoms. The van der Waals surface area contributed by atoms with Crippen LogP contribution in [0.15, 0.2) is 0 Å². The number of carboxylic acids is 1. The number of carbonyl (C=O) groups is 1. The quantitative estimate of drug-likeness (QED) is 0.420. The number of aliphatic hydroxyl groups is 2. The van der Waals surface area contributed by atoms with Crippen LogP contribution in [-0.4, -0.2) is 28.4 Å². The predicted octanol–water partition coefficient (Wildman–Crippen LogP) is -2.52. The van der Waals surface area contributed by atoms with Crippen molar-refractivity contribution in [1.29, 1.82) is 0 Å². The van der Waals surface area contributed by atoms with Crippen LogP contribution in [0, 0.1) is 0 Å². The van der Waals surface area contributed by atoms with E-state index in [1.807, 2.05) is 0 Å². The Morgan fingerprint density at radius 1 is 1.88 bits per heavy atom. The minimum absolute atomic E-state index is 0.824. The van der Waals surface area contributed by atoms with Crippen LogP contribution in [0.4, 0.5) is 0 Å². The van der Waals surface area contributed by atoms with E-state index in [1.54, 1.807) is 0 Å². The fourth-order valence-corrected chi connectivity index (χ4v) is 0.0645. The van der Waals surface area contributed by atoms with Crippen molar-refractivity contribution in [2.24, 2.45) is 0 Å². The third-order valence-corrected chi connectivity index (χ3v) is 0.748. The summed E-state index contributed by atoms with van der Waals surface area (Å²) in [7, 11) is 0. The van der Waals surface area contributed by atoms with Crippen molar-refractivity contribution in [3.63, 3.8) is 0 Å². The van der Waals surface area contributed by atoms with Gasteiger partial charge in [0.2, 0.25) is 0 Å². The molecule has 0 aromatic rings. The summed E-state index contributed by atoms with van der Waals surface area (Å²) < 4.78 is 0. The molecule has 8 heavy (non-hydrogen) atoms. The van der Waals surface area contributed by atoms with Crippen molar-refractivity contribution in [3.8, 4) is 0 Å². The zero-order chi connectivity index (χ0) is 6.78. The van der Waals surface area contributed by atoms with E-state index in [9.17, 15) is 9.90 Å². The number of carboxylic acid groups (broad SMARTS) is 1. The molecule has 0 aliphatic rings. The molecule has 0 aliphatic carbocycles. The molecule has 1 unspecified atom stereocenters. The van der Waals surface area contributed by atoms with Crippen molar-refractivity contribution in [1.82, 2.24) is 0 Å². The maximum absolute atomic E-state index is 9.73. The highest BCUT2D eigenvalue weighted by Crippen LogP contribution is 1.96. The van der Waals surface area contributed by atoms with Gasteiger partial charge in [-0.2, -0.15) is 0 Å². The Labute approximate surface area is 46.4 Å². The van der Waals surface area contributed by atoms with Crippen molar-refractivity contribution in [2.45, 2.75) is 12.5 Å². The van der Waals surface area contributed by atoms with E-state index in [0.717, 1.165) is 6.92 Å². The van der Waals surface area contributed by atoms with Gasteiger partial charge >= 0.3 is 0 Å². The summed E-state index contributed by atoms with van der Waals surface area (Å²) in [5, 5.41) is 26.3. The summed E-state index contributed by atoms with van der Waals surface area (Å²) in [4.78, 5) is 9.73. The summed E-state index contributed by atoms with van der Waals surface area (Å²) in [6.07, 6.45) is 0. The molecule has 0 bridgehead atoms. The molecule has 4 heteroatoms. The Bertz CT molecular complexity index is 96.2. The second kappa shape index (κ2) is 2.11. The van der Waals surface area contributed by atoms with Gasteiger partial charge in [0.25, 0.3) is 0 Å². The predicted molar refractivity (Wildman–Crippen MR) is 22.7 cm³/mol. The molecule has 4 nitrogen and oxygen atoms in total. The Kier molecular flexibility index (Phi) is 1.94. The van der Waals surface area contributed by atoms with E-state index in [2.05, 4.69) is 0 Å². The van der Waals surface area contributed by atoms with Crippen LogP contribution in [0.3, 0.4) is 0 Å². The highest BCUT2D eigenvalue weighted by molar-refractivity contribution is 5.74. The molecule has 0 aromatic heterocycles. The largest absolute Gasteiger partial charge is 0.547 e. The van der Waals surface area contributed by atoms with Gasteiger partial charge in [-0.25, -0.2) is 0 Å². The molecule has 48 valence electrons. The lowest BCUT2D eigenvalue weighted by Crippen LogP contribution is -2.48. The molecule has 0 fully saturated rings. The maximum atomic E-state index is 9.73. The van der Waals surface area contributed by atoms with Crippen LogP contribution in [0.5, 0.6) is 0 Å². The second-order valence-electron chi connectivity index (χ2n) is 1.72. The first-order valence-corrected chi connectivity index (χ1v) is 2.05. The number of carbonyl (C=O) groups excluding carboxylic acids is 1. The van der Waals surface area contributed by atoms with Gasteiger partial charge in [0.15, 0.2) is 0 Å². The number of aliphatic hydroxyl groups excluding tert-OH is 1. The standard InChI is InChI=1S/C4H8O4/c1-4(8,2-5)3(6)7/h5,8H,2H2,1H3,(H,6,7)/p-1. The molecule has 0 saturated carbocycles. The van der Waals surface area contributed by atoms with E-state index < -0.39 is 18.2 Å². The van der Waals surface area contributed by atoms with Crippen molar-refractivity contribution < 1.29 is 20.1 Å². The van der Waals surface area contributed by atoms with Crippen LogP contribution in [0.2, 0.25) is 0 Å². The monoisotopic (exact) mass is 119 g/mol. The van der Waals surface area contributed by atoms with Crippen LogP contribution in [0.1, 0.15) is 6.92 Å². The van der Waals surface area contributed by atoms with E-state index in [0.29, 0.717) is 0 Å². The molecule has 0 rings (SSSR count). The van der Waals surface area contributed by atoms with Crippen LogP contribution < -0.4 is 5.11 Å². The van der Waals surface area contributed by atoms with Gasteiger partial charge in [-0.1, -0.05) is 0 Å².